The third-order valence-electron chi connectivity index (χ3n) is 5.29. The topological polar surface area (TPSA) is 29.1 Å². The molecule has 20 heavy (non-hydrogen) atoms. The highest BCUT2D eigenvalue weighted by Gasteiger charge is 2.48. The van der Waals surface area contributed by atoms with Gasteiger partial charge in [0, 0.05) is 11.5 Å². The van der Waals surface area contributed by atoms with E-state index in [0.29, 0.717) is 11.6 Å². The fraction of sp³-hybridized carbons (Fsp3) is 0.588. The number of halogens is 1. The molecule has 2 nitrogen and oxygen atoms in total. The van der Waals surface area contributed by atoms with Gasteiger partial charge in [0.1, 0.15) is 12.1 Å². The molecule has 0 amide bonds. The largest absolute Gasteiger partial charge is 0.379 e. The van der Waals surface area contributed by atoms with Crippen LogP contribution in [0.15, 0.2) is 24.3 Å². The van der Waals surface area contributed by atoms with Crippen LogP contribution in [0.1, 0.15) is 44.9 Å². The van der Waals surface area contributed by atoms with Crippen molar-refractivity contribution >= 4 is 12.0 Å². The van der Waals surface area contributed by atoms with Crippen LogP contribution in [0.2, 0.25) is 0 Å². The number of carbonyl (C=O) groups excluding carboxylic acids is 1. The highest BCUT2D eigenvalue weighted by Crippen LogP contribution is 2.50. The van der Waals surface area contributed by atoms with Crippen LogP contribution in [0.25, 0.3) is 0 Å². The fourth-order valence-corrected chi connectivity index (χ4v) is 4.21. The summed E-state index contributed by atoms with van der Waals surface area (Å²) in [6.07, 6.45) is 8.86. The van der Waals surface area contributed by atoms with Crippen molar-refractivity contribution in [2.24, 2.45) is 11.3 Å². The number of para-hydroxylation sites is 1. The lowest BCUT2D eigenvalue weighted by Crippen LogP contribution is -2.51. The van der Waals surface area contributed by atoms with E-state index in [1.165, 1.54) is 18.8 Å². The van der Waals surface area contributed by atoms with Crippen LogP contribution in [-0.2, 0) is 4.79 Å². The summed E-state index contributed by atoms with van der Waals surface area (Å²) < 4.78 is 13.8. The Morgan fingerprint density at radius 1 is 1.15 bits per heavy atom. The van der Waals surface area contributed by atoms with Gasteiger partial charge < -0.3 is 10.1 Å². The molecule has 1 aromatic rings. The number of nitrogens with one attached hydrogen (secondary N) is 1. The molecule has 3 rings (SSSR count). The van der Waals surface area contributed by atoms with Crippen molar-refractivity contribution in [3.8, 4) is 0 Å². The molecule has 1 aromatic carbocycles. The maximum atomic E-state index is 13.8. The summed E-state index contributed by atoms with van der Waals surface area (Å²) in [7, 11) is 0. The van der Waals surface area contributed by atoms with E-state index in [9.17, 15) is 9.18 Å². The Bertz CT molecular complexity index is 488. The van der Waals surface area contributed by atoms with Gasteiger partial charge in [-0.15, -0.1) is 0 Å². The number of rotatable bonds is 3. The number of hydrogen-bond donors (Lipinski definition) is 1. The van der Waals surface area contributed by atoms with Crippen LogP contribution >= 0.6 is 0 Å². The minimum absolute atomic E-state index is 0.0796. The Kier molecular flexibility index (Phi) is 3.77. The van der Waals surface area contributed by atoms with Crippen LogP contribution < -0.4 is 5.32 Å². The van der Waals surface area contributed by atoms with Gasteiger partial charge in [-0.2, -0.15) is 0 Å². The Morgan fingerprint density at radius 2 is 1.95 bits per heavy atom. The Balaban J connectivity index is 1.87. The molecule has 0 saturated heterocycles. The third kappa shape index (κ3) is 2.23. The first-order valence-corrected chi connectivity index (χ1v) is 7.74. The monoisotopic (exact) mass is 275 g/mol. The molecule has 3 atom stereocenters. The summed E-state index contributed by atoms with van der Waals surface area (Å²) in [4.78, 5) is 11.9. The smallest absolute Gasteiger partial charge is 0.146 e. The standard InChI is InChI=1S/C17H22FNO/c18-14-8-1-2-9-15(14)19-16-10-5-7-13-6-3-4-11-17(13,16)12-20/h1-2,8-9,12-13,16,19H,3-7,10-11H2. The van der Waals surface area contributed by atoms with Crippen molar-refractivity contribution in [1.82, 2.24) is 0 Å². The molecule has 0 radical (unpaired) electrons. The molecule has 3 unspecified atom stereocenters. The lowest BCUT2D eigenvalue weighted by molar-refractivity contribution is -0.124. The molecule has 0 spiro atoms. The molecule has 2 aliphatic rings. The van der Waals surface area contributed by atoms with Crippen LogP contribution in [0.5, 0.6) is 0 Å². The average Bonchev–Trinajstić information content (AvgIpc) is 2.50. The molecular formula is C17H22FNO. The van der Waals surface area contributed by atoms with Gasteiger partial charge in [-0.3, -0.25) is 0 Å². The van der Waals surface area contributed by atoms with Gasteiger partial charge in [0.25, 0.3) is 0 Å². The SMILES string of the molecule is O=CC12CCCCC1CCCC2Nc1ccccc1F. The van der Waals surface area contributed by atoms with E-state index in [2.05, 4.69) is 5.32 Å². The minimum atomic E-state index is -0.279. The van der Waals surface area contributed by atoms with Crippen molar-refractivity contribution in [3.05, 3.63) is 30.1 Å². The highest BCUT2D eigenvalue weighted by atomic mass is 19.1. The lowest BCUT2D eigenvalue weighted by Gasteiger charge is -2.49. The molecule has 3 heteroatoms. The first kappa shape index (κ1) is 13.6. The van der Waals surface area contributed by atoms with Crippen molar-refractivity contribution < 1.29 is 9.18 Å². The number of carbonyl (C=O) groups is 1. The minimum Gasteiger partial charge on any atom is -0.379 e. The van der Waals surface area contributed by atoms with Crippen molar-refractivity contribution in [2.75, 3.05) is 5.32 Å². The summed E-state index contributed by atoms with van der Waals surface area (Å²) in [5.74, 6) is 0.248. The van der Waals surface area contributed by atoms with Gasteiger partial charge in [-0.25, -0.2) is 4.39 Å². The zero-order valence-corrected chi connectivity index (χ0v) is 11.8. The summed E-state index contributed by atoms with van der Waals surface area (Å²) in [6, 6.07) is 6.84. The van der Waals surface area contributed by atoms with E-state index in [1.54, 1.807) is 12.1 Å². The fourth-order valence-electron chi connectivity index (χ4n) is 4.21. The maximum absolute atomic E-state index is 13.8. The molecule has 108 valence electrons. The molecule has 0 bridgehead atoms. The molecule has 2 fully saturated rings. The highest BCUT2D eigenvalue weighted by molar-refractivity contribution is 5.64. The second-order valence-electron chi connectivity index (χ2n) is 6.28. The molecule has 2 aliphatic carbocycles. The zero-order chi connectivity index (χ0) is 14.0. The maximum Gasteiger partial charge on any atom is 0.146 e. The van der Waals surface area contributed by atoms with Gasteiger partial charge in [0.2, 0.25) is 0 Å². The number of benzene rings is 1. The predicted octanol–water partition coefficient (Wildman–Crippen LogP) is 4.17. The van der Waals surface area contributed by atoms with Gasteiger partial charge in [-0.05, 0) is 43.7 Å². The number of hydrogen-bond acceptors (Lipinski definition) is 2. The van der Waals surface area contributed by atoms with Crippen molar-refractivity contribution in [1.29, 1.82) is 0 Å². The second kappa shape index (κ2) is 5.55. The van der Waals surface area contributed by atoms with Crippen LogP contribution in [0, 0.1) is 17.2 Å². The first-order chi connectivity index (χ1) is 9.76. The Labute approximate surface area is 119 Å². The molecular weight excluding hydrogens is 253 g/mol. The van der Waals surface area contributed by atoms with E-state index in [4.69, 9.17) is 0 Å². The quantitative estimate of drug-likeness (QED) is 0.839. The molecule has 2 saturated carbocycles. The summed E-state index contributed by atoms with van der Waals surface area (Å²) >= 11 is 0. The summed E-state index contributed by atoms with van der Waals surface area (Å²) in [6.45, 7) is 0. The van der Waals surface area contributed by atoms with E-state index in [-0.39, 0.29) is 17.3 Å². The molecule has 0 aromatic heterocycles. The van der Waals surface area contributed by atoms with Gasteiger partial charge in [0.05, 0.1) is 5.69 Å². The average molecular weight is 275 g/mol. The van der Waals surface area contributed by atoms with Crippen molar-refractivity contribution in [2.45, 2.75) is 51.0 Å². The zero-order valence-electron chi connectivity index (χ0n) is 11.8. The third-order valence-corrected chi connectivity index (χ3v) is 5.29. The predicted molar refractivity (Wildman–Crippen MR) is 78.1 cm³/mol. The first-order valence-electron chi connectivity index (χ1n) is 7.74. The van der Waals surface area contributed by atoms with Crippen molar-refractivity contribution in [3.63, 3.8) is 0 Å². The second-order valence-corrected chi connectivity index (χ2v) is 6.28. The molecule has 0 aliphatic heterocycles. The van der Waals surface area contributed by atoms with Crippen LogP contribution in [0.4, 0.5) is 10.1 Å². The lowest BCUT2D eigenvalue weighted by atomic mass is 9.58. The number of anilines is 1. The molecule has 1 N–H and O–H groups in total. The van der Waals surface area contributed by atoms with Crippen LogP contribution in [-0.4, -0.2) is 12.3 Å². The summed E-state index contributed by atoms with van der Waals surface area (Å²) in [5, 5.41) is 3.33. The van der Waals surface area contributed by atoms with E-state index >= 15 is 0 Å². The number of aldehydes is 1. The van der Waals surface area contributed by atoms with E-state index in [1.807, 2.05) is 6.07 Å². The van der Waals surface area contributed by atoms with E-state index < -0.39 is 0 Å². The normalized spacial score (nSPS) is 33.2. The van der Waals surface area contributed by atoms with Gasteiger partial charge in [0.15, 0.2) is 0 Å². The molecule has 0 heterocycles. The number of fused-ring (bicyclic) bond motifs is 1. The van der Waals surface area contributed by atoms with E-state index in [0.717, 1.165) is 38.5 Å². The summed E-state index contributed by atoms with van der Waals surface area (Å²) in [5.41, 5.74) is 0.253. The Morgan fingerprint density at radius 3 is 2.75 bits per heavy atom. The van der Waals surface area contributed by atoms with Crippen LogP contribution in [0.3, 0.4) is 0 Å². The van der Waals surface area contributed by atoms with Gasteiger partial charge >= 0.3 is 0 Å². The Hall–Kier alpha value is -1.38. The van der Waals surface area contributed by atoms with Gasteiger partial charge in [-0.1, -0.05) is 31.4 Å².